The van der Waals surface area contributed by atoms with Crippen LogP contribution in [0.4, 0.5) is 15.8 Å². The first-order valence-corrected chi connectivity index (χ1v) is 7.90. The predicted octanol–water partition coefficient (Wildman–Crippen LogP) is 3.75. The quantitative estimate of drug-likeness (QED) is 0.780. The summed E-state index contributed by atoms with van der Waals surface area (Å²) in [5.74, 6) is -1.12. The van der Waals surface area contributed by atoms with Crippen molar-refractivity contribution in [3.63, 3.8) is 0 Å². The number of hydrogen-bond acceptors (Lipinski definition) is 3. The highest BCUT2D eigenvalue weighted by Crippen LogP contribution is 2.15. The number of rotatable bonds is 4. The van der Waals surface area contributed by atoms with E-state index in [0.29, 0.717) is 5.69 Å². The Morgan fingerprint density at radius 1 is 1.00 bits per heavy atom. The Balaban J connectivity index is 1.78. The highest BCUT2D eigenvalue weighted by Gasteiger charge is 2.17. The minimum Gasteiger partial charge on any atom is -0.322 e. The fourth-order valence-corrected chi connectivity index (χ4v) is 2.37. The molecule has 2 aromatic carbocycles. The lowest BCUT2D eigenvalue weighted by Crippen LogP contribution is -2.27. The molecule has 5 nitrogen and oxygen atoms in total. The van der Waals surface area contributed by atoms with Crippen LogP contribution in [0.15, 0.2) is 72.9 Å². The Bertz CT molecular complexity index is 927. The second kappa shape index (κ2) is 7.57. The van der Waals surface area contributed by atoms with Crippen molar-refractivity contribution in [2.24, 2.45) is 0 Å². The van der Waals surface area contributed by atoms with Gasteiger partial charge in [-0.2, -0.15) is 0 Å². The monoisotopic (exact) mass is 349 g/mol. The molecule has 0 unspecified atom stereocenters. The predicted molar refractivity (Wildman–Crippen MR) is 97.8 cm³/mol. The van der Waals surface area contributed by atoms with Gasteiger partial charge in [0.05, 0.1) is 0 Å². The third-order valence-electron chi connectivity index (χ3n) is 3.79. The molecular weight excluding hydrogens is 333 g/mol. The number of para-hydroxylation sites is 1. The lowest BCUT2D eigenvalue weighted by atomic mass is 10.2. The molecule has 0 saturated heterocycles. The van der Waals surface area contributed by atoms with E-state index in [9.17, 15) is 14.0 Å². The molecule has 0 aliphatic heterocycles. The maximum absolute atomic E-state index is 12.9. The van der Waals surface area contributed by atoms with Gasteiger partial charge in [0.15, 0.2) is 0 Å². The molecule has 0 aliphatic rings. The number of hydrogen-bond donors (Lipinski definition) is 1. The van der Waals surface area contributed by atoms with Gasteiger partial charge in [0.25, 0.3) is 11.8 Å². The van der Waals surface area contributed by atoms with Crippen LogP contribution in [0, 0.1) is 5.82 Å². The zero-order valence-corrected chi connectivity index (χ0v) is 14.0. The average molecular weight is 349 g/mol. The smallest absolute Gasteiger partial charge is 0.276 e. The number of nitrogens with one attached hydrogen (secondary N) is 1. The fraction of sp³-hybridized carbons (Fsp3) is 0.0500. The van der Waals surface area contributed by atoms with Crippen LogP contribution in [-0.4, -0.2) is 23.8 Å². The summed E-state index contributed by atoms with van der Waals surface area (Å²) in [6, 6.07) is 17.5. The number of carbonyl (C=O) groups excluding carboxylic acids is 2. The average Bonchev–Trinajstić information content (AvgIpc) is 2.69. The van der Waals surface area contributed by atoms with Crippen molar-refractivity contribution in [1.82, 2.24) is 4.98 Å². The second-order valence-electron chi connectivity index (χ2n) is 5.59. The summed E-state index contributed by atoms with van der Waals surface area (Å²) in [4.78, 5) is 30.5. The summed E-state index contributed by atoms with van der Waals surface area (Å²) >= 11 is 0. The van der Waals surface area contributed by atoms with Crippen molar-refractivity contribution in [2.45, 2.75) is 0 Å². The van der Waals surface area contributed by atoms with Crippen molar-refractivity contribution in [3.8, 4) is 0 Å². The summed E-state index contributed by atoms with van der Waals surface area (Å²) in [7, 11) is 1.64. The number of halogens is 1. The van der Waals surface area contributed by atoms with Gasteiger partial charge in [-0.3, -0.25) is 14.6 Å². The van der Waals surface area contributed by atoms with Crippen LogP contribution in [0.1, 0.15) is 20.8 Å². The molecule has 6 heteroatoms. The molecule has 130 valence electrons. The lowest BCUT2D eigenvalue weighted by Gasteiger charge is -2.17. The SMILES string of the molecule is CN(C(=O)c1cc(C(=O)Nc2ccc(F)cc2)ccn1)c1ccccc1. The van der Waals surface area contributed by atoms with Gasteiger partial charge in [0.2, 0.25) is 0 Å². The van der Waals surface area contributed by atoms with Crippen molar-refractivity contribution in [3.05, 3.63) is 90.0 Å². The van der Waals surface area contributed by atoms with Gasteiger partial charge in [-0.1, -0.05) is 18.2 Å². The van der Waals surface area contributed by atoms with Gasteiger partial charge >= 0.3 is 0 Å². The Labute approximate surface area is 150 Å². The number of carbonyl (C=O) groups is 2. The van der Waals surface area contributed by atoms with Gasteiger partial charge in [0.1, 0.15) is 11.5 Å². The largest absolute Gasteiger partial charge is 0.322 e. The van der Waals surface area contributed by atoms with E-state index in [0.717, 1.165) is 5.69 Å². The third kappa shape index (κ3) is 3.92. The van der Waals surface area contributed by atoms with Crippen molar-refractivity contribution >= 4 is 23.2 Å². The molecule has 0 spiro atoms. The number of anilines is 2. The van der Waals surface area contributed by atoms with Crippen LogP contribution in [-0.2, 0) is 0 Å². The standard InChI is InChI=1S/C20H16FN3O2/c1-24(17-5-3-2-4-6-17)20(26)18-13-14(11-12-22-18)19(25)23-16-9-7-15(21)8-10-16/h2-13H,1H3,(H,23,25). The van der Waals surface area contributed by atoms with Crippen molar-refractivity contribution in [2.75, 3.05) is 17.3 Å². The normalized spacial score (nSPS) is 10.2. The molecule has 0 bridgehead atoms. The molecule has 1 aromatic heterocycles. The van der Waals surface area contributed by atoms with E-state index >= 15 is 0 Å². The Hall–Kier alpha value is -3.54. The number of nitrogens with zero attached hydrogens (tertiary/aromatic N) is 2. The first-order chi connectivity index (χ1) is 12.5. The van der Waals surface area contributed by atoms with Gasteiger partial charge in [-0.15, -0.1) is 0 Å². The number of benzene rings is 2. The molecule has 0 fully saturated rings. The third-order valence-corrected chi connectivity index (χ3v) is 3.79. The molecule has 1 N–H and O–H groups in total. The summed E-state index contributed by atoms with van der Waals surface area (Å²) in [5.41, 5.74) is 1.63. The van der Waals surface area contributed by atoms with E-state index < -0.39 is 5.91 Å². The molecule has 3 rings (SSSR count). The second-order valence-corrected chi connectivity index (χ2v) is 5.59. The summed E-state index contributed by atoms with van der Waals surface area (Å²) in [6.07, 6.45) is 1.41. The molecule has 1 heterocycles. The molecular formula is C20H16FN3O2. The molecule has 0 saturated carbocycles. The first kappa shape index (κ1) is 17.3. The molecule has 3 aromatic rings. The zero-order chi connectivity index (χ0) is 18.5. The van der Waals surface area contributed by atoms with Gasteiger partial charge in [0, 0.05) is 30.2 Å². The Morgan fingerprint density at radius 3 is 2.38 bits per heavy atom. The summed E-state index contributed by atoms with van der Waals surface area (Å²) < 4.78 is 12.9. The van der Waals surface area contributed by atoms with Gasteiger partial charge in [-0.05, 0) is 48.5 Å². The van der Waals surface area contributed by atoms with Crippen LogP contribution in [0.25, 0.3) is 0 Å². The van der Waals surface area contributed by atoms with Gasteiger partial charge in [-0.25, -0.2) is 4.39 Å². The van der Waals surface area contributed by atoms with E-state index in [4.69, 9.17) is 0 Å². The highest BCUT2D eigenvalue weighted by molar-refractivity contribution is 6.08. The highest BCUT2D eigenvalue weighted by atomic mass is 19.1. The Kier molecular flexibility index (Phi) is 5.03. The molecule has 0 atom stereocenters. The van der Waals surface area contributed by atoms with Crippen molar-refractivity contribution in [1.29, 1.82) is 0 Å². The van der Waals surface area contributed by atoms with Crippen LogP contribution in [0.5, 0.6) is 0 Å². The van der Waals surface area contributed by atoms with Crippen LogP contribution in [0.2, 0.25) is 0 Å². The first-order valence-electron chi connectivity index (χ1n) is 7.90. The number of amides is 2. The maximum atomic E-state index is 12.9. The summed E-state index contributed by atoms with van der Waals surface area (Å²) in [5, 5.41) is 2.65. The van der Waals surface area contributed by atoms with E-state index in [-0.39, 0.29) is 23.0 Å². The van der Waals surface area contributed by atoms with E-state index in [1.807, 2.05) is 30.3 Å². The number of pyridine rings is 1. The molecule has 0 aliphatic carbocycles. The minimum atomic E-state index is -0.407. The molecule has 0 radical (unpaired) electrons. The van der Waals surface area contributed by atoms with Crippen molar-refractivity contribution < 1.29 is 14.0 Å². The summed E-state index contributed by atoms with van der Waals surface area (Å²) in [6.45, 7) is 0. The molecule has 2 amide bonds. The lowest BCUT2D eigenvalue weighted by molar-refractivity contribution is 0.0988. The van der Waals surface area contributed by atoms with E-state index in [2.05, 4.69) is 10.3 Å². The maximum Gasteiger partial charge on any atom is 0.276 e. The van der Waals surface area contributed by atoms with E-state index in [1.54, 1.807) is 7.05 Å². The number of aromatic nitrogens is 1. The Morgan fingerprint density at radius 2 is 1.69 bits per heavy atom. The topological polar surface area (TPSA) is 62.3 Å². The minimum absolute atomic E-state index is 0.156. The van der Waals surface area contributed by atoms with E-state index in [1.165, 1.54) is 47.5 Å². The van der Waals surface area contributed by atoms with Gasteiger partial charge < -0.3 is 10.2 Å². The molecule has 26 heavy (non-hydrogen) atoms. The fourth-order valence-electron chi connectivity index (χ4n) is 2.37. The van der Waals surface area contributed by atoms with Crippen LogP contribution in [0.3, 0.4) is 0 Å². The zero-order valence-electron chi connectivity index (χ0n) is 14.0. The van der Waals surface area contributed by atoms with Crippen LogP contribution < -0.4 is 10.2 Å². The van der Waals surface area contributed by atoms with Crippen LogP contribution >= 0.6 is 0 Å².